The maximum absolute atomic E-state index is 4.00. The van der Waals surface area contributed by atoms with Gasteiger partial charge in [0.1, 0.15) is 6.17 Å². The van der Waals surface area contributed by atoms with Crippen molar-refractivity contribution in [1.82, 2.24) is 20.3 Å². The molecule has 5 nitrogen and oxygen atoms in total. The van der Waals surface area contributed by atoms with Crippen molar-refractivity contribution in [2.24, 2.45) is 5.92 Å². The molecule has 0 amide bonds. The Labute approximate surface area is 389 Å². The average Bonchev–Trinajstić information content (AvgIpc) is 3.99. The van der Waals surface area contributed by atoms with Crippen molar-refractivity contribution in [3.63, 3.8) is 0 Å². The lowest BCUT2D eigenvalue weighted by Gasteiger charge is -2.35. The van der Waals surface area contributed by atoms with Crippen LogP contribution in [0.4, 0.5) is 11.4 Å². The molecule has 4 heterocycles. The van der Waals surface area contributed by atoms with Crippen LogP contribution in [0.2, 0.25) is 0 Å². The third-order valence-electron chi connectivity index (χ3n) is 13.9. The zero-order valence-corrected chi connectivity index (χ0v) is 37.4. The molecule has 1 saturated heterocycles. The highest BCUT2D eigenvalue weighted by molar-refractivity contribution is 7.26. The first-order chi connectivity index (χ1) is 32.7. The largest absolute Gasteiger partial charge is 0.313 e. The Hall–Kier alpha value is -7.32. The number of hydrazine groups is 1. The highest BCUT2D eigenvalue weighted by atomic mass is 32.1. The van der Waals surface area contributed by atoms with Gasteiger partial charge in [-0.1, -0.05) is 177 Å². The van der Waals surface area contributed by atoms with Crippen LogP contribution in [0.3, 0.4) is 0 Å². The molecule has 10 aromatic rings. The fraction of sp³-hybridized carbons (Fsp3) is 0.100. The predicted molar refractivity (Wildman–Crippen MR) is 276 cm³/mol. The number of allylic oxidation sites excluding steroid dienone is 3. The lowest BCUT2D eigenvalue weighted by Crippen LogP contribution is -2.41. The van der Waals surface area contributed by atoms with E-state index in [1.165, 1.54) is 98.4 Å². The quantitative estimate of drug-likeness (QED) is 0.142. The van der Waals surface area contributed by atoms with Crippen LogP contribution < -0.4 is 15.6 Å². The monoisotopic (exact) mass is 869 g/mol. The number of hydrogen-bond donors (Lipinski definition) is 2. The molecular formula is C60H47N5S. The summed E-state index contributed by atoms with van der Waals surface area (Å²) in [7, 11) is 0. The van der Waals surface area contributed by atoms with Crippen LogP contribution in [-0.2, 0) is 6.54 Å². The molecule has 0 bridgehead atoms. The van der Waals surface area contributed by atoms with E-state index in [2.05, 4.69) is 244 Å². The van der Waals surface area contributed by atoms with E-state index in [0.29, 0.717) is 0 Å². The van der Waals surface area contributed by atoms with E-state index >= 15 is 0 Å². The molecule has 0 radical (unpaired) electrons. The number of aromatic nitrogens is 1. The highest BCUT2D eigenvalue weighted by Gasteiger charge is 2.44. The number of hydrogen-bond acceptors (Lipinski definition) is 5. The number of nitrogens with one attached hydrogen (secondary N) is 2. The summed E-state index contributed by atoms with van der Waals surface area (Å²) in [6.45, 7) is 3.16. The Balaban J connectivity index is 0.870. The molecule has 0 saturated carbocycles. The van der Waals surface area contributed by atoms with Gasteiger partial charge in [0.25, 0.3) is 0 Å². The summed E-state index contributed by atoms with van der Waals surface area (Å²) < 4.78 is 5.15. The molecular weight excluding hydrogens is 823 g/mol. The van der Waals surface area contributed by atoms with E-state index in [-0.39, 0.29) is 18.2 Å². The molecule has 6 heteroatoms. The number of para-hydroxylation sites is 4. The van der Waals surface area contributed by atoms with Gasteiger partial charge in [-0.15, -0.1) is 11.3 Å². The highest BCUT2D eigenvalue weighted by Crippen LogP contribution is 2.54. The zero-order chi connectivity index (χ0) is 43.7. The molecule has 0 spiro atoms. The van der Waals surface area contributed by atoms with E-state index in [4.69, 9.17) is 0 Å². The molecule has 1 aliphatic carbocycles. The van der Waals surface area contributed by atoms with Gasteiger partial charge >= 0.3 is 0 Å². The van der Waals surface area contributed by atoms with E-state index in [9.17, 15) is 0 Å². The summed E-state index contributed by atoms with van der Waals surface area (Å²) in [5, 5.41) is 10.3. The molecule has 2 aromatic heterocycles. The van der Waals surface area contributed by atoms with Crippen molar-refractivity contribution in [2.75, 3.05) is 4.90 Å². The second-order valence-corrected chi connectivity index (χ2v) is 18.9. The van der Waals surface area contributed by atoms with Crippen molar-refractivity contribution in [3.05, 3.63) is 235 Å². The lowest BCUT2D eigenvalue weighted by molar-refractivity contribution is 0.308. The summed E-state index contributed by atoms with van der Waals surface area (Å²) in [5.41, 5.74) is 21.2. The minimum atomic E-state index is -0.0138. The first-order valence-corrected chi connectivity index (χ1v) is 23.9. The Morgan fingerprint density at radius 1 is 0.606 bits per heavy atom. The van der Waals surface area contributed by atoms with Crippen LogP contribution in [0.25, 0.3) is 70.3 Å². The molecule has 2 aliphatic heterocycles. The van der Waals surface area contributed by atoms with Crippen LogP contribution >= 0.6 is 11.3 Å². The normalized spacial score (nSPS) is 18.0. The fourth-order valence-corrected chi connectivity index (χ4v) is 12.0. The number of anilines is 2. The second kappa shape index (κ2) is 16.0. The van der Waals surface area contributed by atoms with Gasteiger partial charge in [-0.3, -0.25) is 5.32 Å². The average molecular weight is 870 g/mol. The van der Waals surface area contributed by atoms with Crippen LogP contribution in [0, 0.1) is 5.92 Å². The van der Waals surface area contributed by atoms with Gasteiger partial charge in [0.05, 0.1) is 28.8 Å². The van der Waals surface area contributed by atoms with Gasteiger partial charge in [0, 0.05) is 60.2 Å². The van der Waals surface area contributed by atoms with Crippen LogP contribution in [0.5, 0.6) is 0 Å². The molecule has 3 aliphatic rings. The van der Waals surface area contributed by atoms with Gasteiger partial charge in [-0.2, -0.15) is 5.01 Å². The molecule has 4 atom stereocenters. The minimum Gasteiger partial charge on any atom is -0.313 e. The lowest BCUT2D eigenvalue weighted by atomic mass is 9.88. The number of benzene rings is 8. The minimum absolute atomic E-state index is 0.0138. The number of thiophene rings is 1. The maximum Gasteiger partial charge on any atom is 0.114 e. The van der Waals surface area contributed by atoms with E-state index in [1.54, 1.807) is 0 Å². The Morgan fingerprint density at radius 3 is 2.06 bits per heavy atom. The van der Waals surface area contributed by atoms with Crippen molar-refractivity contribution in [1.29, 1.82) is 0 Å². The van der Waals surface area contributed by atoms with Crippen molar-refractivity contribution in [2.45, 2.75) is 32.2 Å². The van der Waals surface area contributed by atoms with Crippen LogP contribution in [-0.4, -0.2) is 15.7 Å². The van der Waals surface area contributed by atoms with Gasteiger partial charge < -0.3 is 9.47 Å². The van der Waals surface area contributed by atoms with Gasteiger partial charge in [0.15, 0.2) is 0 Å². The Kier molecular flexibility index (Phi) is 9.46. The van der Waals surface area contributed by atoms with Crippen LogP contribution in [0.15, 0.2) is 224 Å². The Bertz CT molecular complexity index is 3530. The summed E-state index contributed by atoms with van der Waals surface area (Å²) in [6.07, 6.45) is 5.76. The van der Waals surface area contributed by atoms with E-state index in [1.807, 2.05) is 11.3 Å². The van der Waals surface area contributed by atoms with Crippen molar-refractivity contribution >= 4 is 53.8 Å². The predicted octanol–water partition coefficient (Wildman–Crippen LogP) is 14.9. The summed E-state index contributed by atoms with van der Waals surface area (Å²) in [6, 6.07) is 73.2. The summed E-state index contributed by atoms with van der Waals surface area (Å²) in [4.78, 5) is 2.55. The zero-order valence-electron chi connectivity index (χ0n) is 36.6. The number of fused-ring (bicyclic) bond motifs is 10. The van der Waals surface area contributed by atoms with E-state index < -0.39 is 0 Å². The SMILES string of the molecule is CC1CC(N2c3ccccc3-c3c(n(-c4ccccc4)c4ccccc34)-c3ccccc32)=CC=C1C(NCc1ccccc1)N1NC1c1ccc(-c2cccc3c2sc2ccccc23)cc1. The van der Waals surface area contributed by atoms with Gasteiger partial charge in [0.2, 0.25) is 0 Å². The molecule has 4 unspecified atom stereocenters. The summed E-state index contributed by atoms with van der Waals surface area (Å²) >= 11 is 1.89. The molecule has 8 aromatic carbocycles. The molecule has 66 heavy (non-hydrogen) atoms. The molecule has 13 rings (SSSR count). The number of rotatable bonds is 9. The van der Waals surface area contributed by atoms with Crippen molar-refractivity contribution < 1.29 is 0 Å². The van der Waals surface area contributed by atoms with Gasteiger partial charge in [-0.25, -0.2) is 5.43 Å². The van der Waals surface area contributed by atoms with E-state index in [0.717, 1.165) is 18.7 Å². The number of nitrogens with zero attached hydrogens (tertiary/aromatic N) is 3. The third kappa shape index (κ3) is 6.48. The first kappa shape index (κ1) is 39.1. The molecule has 2 N–H and O–H groups in total. The Morgan fingerprint density at radius 2 is 1.26 bits per heavy atom. The van der Waals surface area contributed by atoms with Gasteiger partial charge in [-0.05, 0) is 82.6 Å². The maximum atomic E-state index is 4.00. The molecule has 1 fully saturated rings. The second-order valence-electron chi connectivity index (χ2n) is 17.8. The smallest absolute Gasteiger partial charge is 0.114 e. The summed E-state index contributed by atoms with van der Waals surface area (Å²) in [5.74, 6) is 0.259. The first-order valence-electron chi connectivity index (χ1n) is 23.1. The fourth-order valence-electron chi connectivity index (χ4n) is 10.8. The topological polar surface area (TPSA) is 45.2 Å². The van der Waals surface area contributed by atoms with Crippen LogP contribution in [0.1, 0.15) is 30.6 Å². The third-order valence-corrected chi connectivity index (χ3v) is 15.1. The van der Waals surface area contributed by atoms with Crippen molar-refractivity contribution in [3.8, 4) is 39.2 Å². The molecule has 318 valence electrons. The standard InChI is InChI=1S/C60H47N5S/c1-39-37-44(63-52-27-12-8-22-49(52)56-50-23-9-13-28-53(50)64(43-19-6-3-7-20-43)57(56)51-24-10-14-29-54(51)63)35-36-45(39)60(61-38-40-17-4-2-5-18-40)65-59(62-65)42-33-31-41(32-34-42)46-25-16-26-48-47-21-11-15-30-55(47)66-58(46)48/h2-36,39,59-62H,37-38H2,1H3.